The van der Waals surface area contributed by atoms with Crippen LogP contribution in [-0.2, 0) is 14.3 Å². The molecule has 4 nitrogen and oxygen atoms in total. The Morgan fingerprint density at radius 3 is 2.95 bits per heavy atom. The zero-order valence-corrected chi connectivity index (χ0v) is 14.7. The highest BCUT2D eigenvalue weighted by Gasteiger charge is 2.33. The number of carbonyl (C=O) groups excluding carboxylic acids is 2. The van der Waals surface area contributed by atoms with Crippen molar-refractivity contribution in [3.05, 3.63) is 27.3 Å². The molecule has 0 aromatic carbocycles. The topological polar surface area (TPSA) is 46.6 Å². The maximum atomic E-state index is 12.3. The van der Waals surface area contributed by atoms with Crippen LogP contribution in [0, 0.1) is 0 Å². The first-order valence-electron chi connectivity index (χ1n) is 7.06. The summed E-state index contributed by atoms with van der Waals surface area (Å²) >= 11 is 7.96. The van der Waals surface area contributed by atoms with Gasteiger partial charge < -0.3 is 4.74 Å². The van der Waals surface area contributed by atoms with Gasteiger partial charge in [0, 0.05) is 4.88 Å². The van der Waals surface area contributed by atoms with Crippen molar-refractivity contribution < 1.29 is 14.3 Å². The van der Waals surface area contributed by atoms with Crippen LogP contribution in [0.4, 0.5) is 0 Å². The summed E-state index contributed by atoms with van der Waals surface area (Å²) < 4.78 is 5.53. The molecule has 1 aliphatic rings. The molecule has 0 aliphatic carbocycles. The number of hydrogen-bond acceptors (Lipinski definition) is 6. The monoisotopic (exact) mass is 355 g/mol. The normalized spacial score (nSPS) is 16.6. The Morgan fingerprint density at radius 1 is 1.45 bits per heavy atom. The molecule has 22 heavy (non-hydrogen) atoms. The minimum atomic E-state index is -0.412. The number of thiocarbonyl (C=S) groups is 1. The maximum Gasteiger partial charge on any atom is 0.326 e. The summed E-state index contributed by atoms with van der Waals surface area (Å²) in [6.45, 7) is 2.37. The molecule has 2 rings (SSSR count). The summed E-state index contributed by atoms with van der Waals surface area (Å²) in [7, 11) is 0. The summed E-state index contributed by atoms with van der Waals surface area (Å²) in [5.74, 6) is -0.640. The molecule has 0 N–H and O–H groups in total. The van der Waals surface area contributed by atoms with Gasteiger partial charge in [-0.25, -0.2) is 0 Å². The maximum absolute atomic E-state index is 12.3. The lowest BCUT2D eigenvalue weighted by atomic mass is 10.3. The molecule has 118 valence electrons. The van der Waals surface area contributed by atoms with Crippen molar-refractivity contribution in [1.29, 1.82) is 0 Å². The number of carbonyl (C=O) groups is 2. The van der Waals surface area contributed by atoms with Crippen LogP contribution in [0.3, 0.4) is 0 Å². The molecular formula is C15H17NO3S3. The number of ether oxygens (including phenoxy) is 1. The van der Waals surface area contributed by atoms with E-state index in [1.165, 1.54) is 16.7 Å². The fraction of sp³-hybridized carbons (Fsp3) is 0.400. The summed E-state index contributed by atoms with van der Waals surface area (Å²) in [5.41, 5.74) is 0. The first-order chi connectivity index (χ1) is 10.6. The van der Waals surface area contributed by atoms with Gasteiger partial charge in [0.25, 0.3) is 5.91 Å². The van der Waals surface area contributed by atoms with Gasteiger partial charge in [0.15, 0.2) is 0 Å². The summed E-state index contributed by atoms with van der Waals surface area (Å²) in [6.07, 6.45) is 4.74. The van der Waals surface area contributed by atoms with E-state index < -0.39 is 5.97 Å². The SMILES string of the molecule is CCCCCOC(=O)CN1C(=O)C(=Cc2cccs2)SC1=S. The molecule has 0 spiro atoms. The Kier molecular flexibility index (Phi) is 6.60. The molecule has 0 atom stereocenters. The van der Waals surface area contributed by atoms with Crippen LogP contribution in [-0.4, -0.2) is 34.2 Å². The van der Waals surface area contributed by atoms with Crippen LogP contribution in [0.25, 0.3) is 6.08 Å². The molecule has 0 saturated carbocycles. The third-order valence-electron chi connectivity index (χ3n) is 2.99. The third kappa shape index (κ3) is 4.66. The molecule has 1 amide bonds. The average molecular weight is 356 g/mol. The lowest BCUT2D eigenvalue weighted by Crippen LogP contribution is -2.34. The van der Waals surface area contributed by atoms with Crippen LogP contribution < -0.4 is 0 Å². The highest BCUT2D eigenvalue weighted by Crippen LogP contribution is 2.33. The number of hydrogen-bond donors (Lipinski definition) is 0. The molecule has 1 aromatic heterocycles. The van der Waals surface area contributed by atoms with E-state index in [9.17, 15) is 9.59 Å². The predicted octanol–water partition coefficient (Wildman–Crippen LogP) is 3.68. The molecule has 1 aliphatic heterocycles. The lowest BCUT2D eigenvalue weighted by molar-refractivity contribution is -0.146. The highest BCUT2D eigenvalue weighted by molar-refractivity contribution is 8.26. The van der Waals surface area contributed by atoms with Crippen molar-refractivity contribution in [3.8, 4) is 0 Å². The van der Waals surface area contributed by atoms with Crippen LogP contribution in [0.5, 0.6) is 0 Å². The fourth-order valence-corrected chi connectivity index (χ4v) is 3.83. The van der Waals surface area contributed by atoms with E-state index >= 15 is 0 Å². The van der Waals surface area contributed by atoms with Gasteiger partial charge in [-0.1, -0.05) is 49.8 Å². The van der Waals surface area contributed by atoms with Gasteiger partial charge in [0.2, 0.25) is 0 Å². The van der Waals surface area contributed by atoms with Gasteiger partial charge >= 0.3 is 5.97 Å². The van der Waals surface area contributed by atoms with Crippen molar-refractivity contribution in [2.45, 2.75) is 26.2 Å². The Bertz CT molecular complexity index is 581. The molecular weight excluding hydrogens is 338 g/mol. The molecule has 1 saturated heterocycles. The molecule has 1 aromatic rings. The Balaban J connectivity index is 1.90. The van der Waals surface area contributed by atoms with Crippen molar-refractivity contribution >= 4 is 57.6 Å². The van der Waals surface area contributed by atoms with Gasteiger partial charge in [0.05, 0.1) is 11.5 Å². The number of amides is 1. The van der Waals surface area contributed by atoms with E-state index in [0.717, 1.165) is 24.1 Å². The van der Waals surface area contributed by atoms with E-state index in [2.05, 4.69) is 6.92 Å². The standard InChI is InChI=1S/C15H17NO3S3/c1-2-3-4-7-19-13(17)10-16-14(18)12(22-15(16)20)9-11-6-5-8-21-11/h5-6,8-9H,2-4,7,10H2,1H3. The Morgan fingerprint density at radius 2 is 2.27 bits per heavy atom. The second kappa shape index (κ2) is 8.45. The summed E-state index contributed by atoms with van der Waals surface area (Å²) in [4.78, 5) is 26.9. The van der Waals surface area contributed by atoms with Gasteiger partial charge in [-0.05, 0) is 23.9 Å². The second-order valence-corrected chi connectivity index (χ2v) is 7.37. The first kappa shape index (κ1) is 17.2. The number of nitrogens with zero attached hydrogens (tertiary/aromatic N) is 1. The molecule has 0 radical (unpaired) electrons. The van der Waals surface area contributed by atoms with Crippen LogP contribution >= 0.6 is 35.3 Å². The molecule has 7 heteroatoms. The van der Waals surface area contributed by atoms with Crippen LogP contribution in [0.2, 0.25) is 0 Å². The zero-order valence-electron chi connectivity index (χ0n) is 12.2. The third-order valence-corrected chi connectivity index (χ3v) is 5.19. The van der Waals surface area contributed by atoms with E-state index in [-0.39, 0.29) is 12.5 Å². The van der Waals surface area contributed by atoms with Crippen LogP contribution in [0.15, 0.2) is 22.4 Å². The van der Waals surface area contributed by atoms with Crippen molar-refractivity contribution in [2.75, 3.05) is 13.2 Å². The van der Waals surface area contributed by atoms with E-state index in [4.69, 9.17) is 17.0 Å². The number of esters is 1. The first-order valence-corrected chi connectivity index (χ1v) is 9.16. The Hall–Kier alpha value is -1.18. The average Bonchev–Trinajstić information content (AvgIpc) is 3.08. The smallest absolute Gasteiger partial charge is 0.326 e. The zero-order chi connectivity index (χ0) is 15.9. The lowest BCUT2D eigenvalue weighted by Gasteiger charge is -2.13. The van der Waals surface area contributed by atoms with E-state index in [1.807, 2.05) is 17.5 Å². The minimum Gasteiger partial charge on any atom is -0.464 e. The Labute approximate surface area is 143 Å². The molecule has 0 unspecified atom stereocenters. The summed E-state index contributed by atoms with van der Waals surface area (Å²) in [6, 6.07) is 3.85. The van der Waals surface area contributed by atoms with Crippen molar-refractivity contribution in [2.24, 2.45) is 0 Å². The highest BCUT2D eigenvalue weighted by atomic mass is 32.2. The number of unbranched alkanes of at least 4 members (excludes halogenated alkanes) is 2. The quantitative estimate of drug-likeness (QED) is 0.323. The van der Waals surface area contributed by atoms with Gasteiger partial charge in [-0.2, -0.15) is 0 Å². The fourth-order valence-electron chi connectivity index (χ4n) is 1.85. The number of thiophene rings is 1. The van der Waals surface area contributed by atoms with Crippen molar-refractivity contribution in [1.82, 2.24) is 4.90 Å². The van der Waals surface area contributed by atoms with Crippen molar-refractivity contribution in [3.63, 3.8) is 0 Å². The number of rotatable bonds is 7. The van der Waals surface area contributed by atoms with E-state index in [0.29, 0.717) is 15.8 Å². The van der Waals surface area contributed by atoms with E-state index in [1.54, 1.807) is 17.4 Å². The van der Waals surface area contributed by atoms with Gasteiger partial charge in [0.1, 0.15) is 10.9 Å². The van der Waals surface area contributed by atoms with Crippen LogP contribution in [0.1, 0.15) is 31.1 Å². The summed E-state index contributed by atoms with van der Waals surface area (Å²) in [5, 5.41) is 1.94. The largest absolute Gasteiger partial charge is 0.464 e. The minimum absolute atomic E-state index is 0.113. The molecule has 2 heterocycles. The van der Waals surface area contributed by atoms with Gasteiger partial charge in [-0.3, -0.25) is 14.5 Å². The second-order valence-electron chi connectivity index (χ2n) is 4.71. The van der Waals surface area contributed by atoms with Gasteiger partial charge in [-0.15, -0.1) is 11.3 Å². The molecule has 1 fully saturated rings. The molecule has 0 bridgehead atoms. The number of thioether (sulfide) groups is 1. The predicted molar refractivity (Wildman–Crippen MR) is 94.7 cm³/mol.